The average molecular weight is 441 g/mol. The van der Waals surface area contributed by atoms with Crippen molar-refractivity contribution in [3.8, 4) is 0 Å². The van der Waals surface area contributed by atoms with Gasteiger partial charge in [-0.2, -0.15) is 0 Å². The molecule has 22 heavy (non-hydrogen) atoms. The Labute approximate surface area is 149 Å². The summed E-state index contributed by atoms with van der Waals surface area (Å²) in [5.74, 6) is 0.616. The van der Waals surface area contributed by atoms with Crippen LogP contribution in [0, 0.1) is 0 Å². The predicted octanol–water partition coefficient (Wildman–Crippen LogP) is 1.28. The molecule has 6 nitrogen and oxygen atoms in total. The number of methoxy groups -OCH3 is 1. The van der Waals surface area contributed by atoms with Crippen molar-refractivity contribution in [3.63, 3.8) is 0 Å². The molecule has 0 fully saturated rings. The zero-order valence-corrected chi connectivity index (χ0v) is 16.1. The highest BCUT2D eigenvalue weighted by molar-refractivity contribution is 14.0. The highest BCUT2D eigenvalue weighted by Gasteiger charge is 2.13. The van der Waals surface area contributed by atoms with Crippen molar-refractivity contribution in [1.29, 1.82) is 0 Å². The van der Waals surface area contributed by atoms with Gasteiger partial charge in [0.2, 0.25) is 0 Å². The minimum atomic E-state index is -3.26. The monoisotopic (exact) mass is 441 g/mol. The summed E-state index contributed by atoms with van der Waals surface area (Å²) in [6, 6.07) is 8.44. The van der Waals surface area contributed by atoms with Crippen molar-refractivity contribution >= 4 is 39.8 Å². The Morgan fingerprint density at radius 3 is 2.41 bits per heavy atom. The molecule has 126 valence electrons. The zero-order chi connectivity index (χ0) is 15.6. The zero-order valence-electron chi connectivity index (χ0n) is 12.9. The molecule has 0 aromatic heterocycles. The molecule has 0 unspecified atom stereocenters. The van der Waals surface area contributed by atoms with Crippen LogP contribution in [-0.4, -0.2) is 54.0 Å². The van der Waals surface area contributed by atoms with Gasteiger partial charge in [-0.15, -0.1) is 24.0 Å². The number of hydrogen-bond donors (Lipinski definition) is 2. The summed E-state index contributed by atoms with van der Waals surface area (Å²) in [5.41, 5.74) is 0. The second kappa shape index (κ2) is 11.7. The Balaban J connectivity index is 0.00000441. The molecule has 1 aromatic rings. The van der Waals surface area contributed by atoms with E-state index in [9.17, 15) is 8.42 Å². The van der Waals surface area contributed by atoms with E-state index in [1.165, 1.54) is 0 Å². The van der Waals surface area contributed by atoms with Crippen molar-refractivity contribution in [3.05, 3.63) is 30.3 Å². The van der Waals surface area contributed by atoms with E-state index in [1.54, 1.807) is 44.5 Å². The van der Waals surface area contributed by atoms with Gasteiger partial charge in [0.25, 0.3) is 0 Å². The number of nitrogens with zero attached hydrogens (tertiary/aromatic N) is 1. The molecule has 0 spiro atoms. The largest absolute Gasteiger partial charge is 0.385 e. The molecule has 0 heterocycles. The Morgan fingerprint density at radius 2 is 1.82 bits per heavy atom. The van der Waals surface area contributed by atoms with Gasteiger partial charge in [0, 0.05) is 33.9 Å². The first kappa shape index (κ1) is 21.1. The maximum atomic E-state index is 12.1. The van der Waals surface area contributed by atoms with Crippen molar-refractivity contribution in [2.45, 2.75) is 11.3 Å². The van der Waals surface area contributed by atoms with Crippen LogP contribution in [0.2, 0.25) is 0 Å². The number of hydrogen-bond acceptors (Lipinski definition) is 4. The average Bonchev–Trinajstić information content (AvgIpc) is 2.50. The summed E-state index contributed by atoms with van der Waals surface area (Å²) < 4.78 is 29.1. The lowest BCUT2D eigenvalue weighted by Crippen LogP contribution is -2.40. The molecule has 0 atom stereocenters. The minimum absolute atomic E-state index is 0. The maximum absolute atomic E-state index is 12.1. The minimum Gasteiger partial charge on any atom is -0.385 e. The van der Waals surface area contributed by atoms with Gasteiger partial charge in [0.1, 0.15) is 0 Å². The Morgan fingerprint density at radius 1 is 1.18 bits per heavy atom. The molecule has 1 aromatic carbocycles. The van der Waals surface area contributed by atoms with E-state index in [2.05, 4.69) is 15.6 Å². The SMILES string of the molecule is CN=C(NCCCOC)NCCS(=O)(=O)c1ccccc1.I. The van der Waals surface area contributed by atoms with Crippen LogP contribution < -0.4 is 10.6 Å². The summed E-state index contributed by atoms with van der Waals surface area (Å²) >= 11 is 0. The molecule has 0 saturated carbocycles. The number of halogens is 1. The number of benzene rings is 1. The van der Waals surface area contributed by atoms with Crippen LogP contribution in [0.3, 0.4) is 0 Å². The quantitative estimate of drug-likeness (QED) is 0.275. The molecule has 2 N–H and O–H groups in total. The van der Waals surface area contributed by atoms with Crippen molar-refractivity contribution in [2.24, 2.45) is 4.99 Å². The fourth-order valence-corrected chi connectivity index (χ4v) is 2.87. The summed E-state index contributed by atoms with van der Waals surface area (Å²) in [4.78, 5) is 4.38. The van der Waals surface area contributed by atoms with Crippen LogP contribution in [0.5, 0.6) is 0 Å². The second-order valence-electron chi connectivity index (χ2n) is 4.40. The summed E-state index contributed by atoms with van der Waals surface area (Å²) in [7, 11) is 0.0459. The lowest BCUT2D eigenvalue weighted by Gasteiger charge is -2.11. The molecule has 0 aliphatic rings. The normalized spacial score (nSPS) is 11.6. The van der Waals surface area contributed by atoms with Crippen LogP contribution in [0.15, 0.2) is 40.2 Å². The van der Waals surface area contributed by atoms with Crippen molar-refractivity contribution < 1.29 is 13.2 Å². The van der Waals surface area contributed by atoms with E-state index in [0.717, 1.165) is 13.0 Å². The smallest absolute Gasteiger partial charge is 0.191 e. The predicted molar refractivity (Wildman–Crippen MR) is 99.8 cm³/mol. The first-order valence-electron chi connectivity index (χ1n) is 6.81. The Kier molecular flexibility index (Phi) is 11.2. The maximum Gasteiger partial charge on any atom is 0.191 e. The molecule has 0 aliphatic carbocycles. The van der Waals surface area contributed by atoms with E-state index < -0.39 is 9.84 Å². The molecule has 0 saturated heterocycles. The first-order valence-corrected chi connectivity index (χ1v) is 8.46. The summed E-state index contributed by atoms with van der Waals surface area (Å²) in [5, 5.41) is 6.09. The third kappa shape index (κ3) is 7.95. The van der Waals surface area contributed by atoms with E-state index in [-0.39, 0.29) is 29.7 Å². The van der Waals surface area contributed by atoms with Crippen LogP contribution in [0.1, 0.15) is 6.42 Å². The van der Waals surface area contributed by atoms with Gasteiger partial charge in [0.05, 0.1) is 10.6 Å². The standard InChI is InChI=1S/C14H23N3O3S.HI/c1-15-14(16-9-6-11-20-2)17-10-12-21(18,19)13-7-4-3-5-8-13;/h3-5,7-8H,6,9-12H2,1-2H3,(H2,15,16,17);1H. The fraction of sp³-hybridized carbons (Fsp3) is 0.500. The van der Waals surface area contributed by atoms with Crippen LogP contribution in [-0.2, 0) is 14.6 Å². The van der Waals surface area contributed by atoms with Gasteiger partial charge in [-0.05, 0) is 18.6 Å². The topological polar surface area (TPSA) is 79.8 Å². The summed E-state index contributed by atoms with van der Waals surface area (Å²) in [6.07, 6.45) is 0.861. The molecule has 0 amide bonds. The Hall–Kier alpha value is -0.870. The van der Waals surface area contributed by atoms with Gasteiger partial charge in [-0.3, -0.25) is 4.99 Å². The molecular weight excluding hydrogens is 417 g/mol. The third-order valence-corrected chi connectivity index (χ3v) is 4.54. The third-order valence-electron chi connectivity index (χ3n) is 2.81. The van der Waals surface area contributed by atoms with Crippen molar-refractivity contribution in [1.82, 2.24) is 10.6 Å². The van der Waals surface area contributed by atoms with Gasteiger partial charge in [-0.1, -0.05) is 18.2 Å². The van der Waals surface area contributed by atoms with E-state index in [1.807, 2.05) is 0 Å². The highest BCUT2D eigenvalue weighted by atomic mass is 127. The van der Waals surface area contributed by atoms with E-state index in [4.69, 9.17) is 4.74 Å². The van der Waals surface area contributed by atoms with Gasteiger partial charge < -0.3 is 15.4 Å². The van der Waals surface area contributed by atoms with Gasteiger partial charge in [-0.25, -0.2) is 8.42 Å². The molecule has 8 heteroatoms. The number of guanidine groups is 1. The molecule has 0 bridgehead atoms. The van der Waals surface area contributed by atoms with E-state index >= 15 is 0 Å². The van der Waals surface area contributed by atoms with Crippen LogP contribution >= 0.6 is 24.0 Å². The second-order valence-corrected chi connectivity index (χ2v) is 6.51. The molecular formula is C14H24IN3O3S. The number of aliphatic imine (C=N–C) groups is 1. The first-order chi connectivity index (χ1) is 10.1. The van der Waals surface area contributed by atoms with Crippen molar-refractivity contribution in [2.75, 3.05) is 39.6 Å². The molecule has 0 aliphatic heterocycles. The lowest BCUT2D eigenvalue weighted by atomic mass is 10.4. The van der Waals surface area contributed by atoms with E-state index in [0.29, 0.717) is 24.0 Å². The number of sulfone groups is 1. The lowest BCUT2D eigenvalue weighted by molar-refractivity contribution is 0.195. The van der Waals surface area contributed by atoms with Crippen LogP contribution in [0.25, 0.3) is 0 Å². The highest BCUT2D eigenvalue weighted by Crippen LogP contribution is 2.09. The Bertz CT molecular complexity index is 536. The summed E-state index contributed by atoms with van der Waals surface area (Å²) in [6.45, 7) is 1.70. The fourth-order valence-electron chi connectivity index (χ4n) is 1.69. The number of rotatable bonds is 8. The number of nitrogens with one attached hydrogen (secondary N) is 2. The number of ether oxygens (including phenoxy) is 1. The van der Waals surface area contributed by atoms with Gasteiger partial charge >= 0.3 is 0 Å². The van der Waals surface area contributed by atoms with Gasteiger partial charge in [0.15, 0.2) is 15.8 Å². The molecule has 0 radical (unpaired) electrons. The molecule has 1 rings (SSSR count). The van der Waals surface area contributed by atoms with Crippen LogP contribution in [0.4, 0.5) is 0 Å².